The Morgan fingerprint density at radius 1 is 1.25 bits per heavy atom. The number of carbonyl (C=O) groups is 2. The average molecular weight is 289 g/mol. The maximum absolute atomic E-state index is 12.2. The number of carboxylic acids is 1. The number of ketones is 1. The number of aromatic carboxylic acids is 1. The van der Waals surface area contributed by atoms with Crippen LogP contribution in [0.4, 0.5) is 0 Å². The molecule has 0 radical (unpaired) electrons. The third kappa shape index (κ3) is 2.77. The Morgan fingerprint density at radius 3 is 2.50 bits per heavy atom. The van der Waals surface area contributed by atoms with Crippen LogP contribution in [0, 0.1) is 20.8 Å². The number of Topliss-reactive ketones (excluding diaryl/α,β-unsaturated/α-hetero) is 1. The number of aryl methyl sites for hydroxylation is 2. The molecule has 2 aromatic rings. The van der Waals surface area contributed by atoms with E-state index in [1.807, 2.05) is 26.2 Å². The van der Waals surface area contributed by atoms with Crippen LogP contribution in [0.15, 0.2) is 17.5 Å². The highest BCUT2D eigenvalue weighted by Gasteiger charge is 2.19. The van der Waals surface area contributed by atoms with E-state index in [0.29, 0.717) is 10.6 Å². The highest BCUT2D eigenvalue weighted by molar-refractivity contribution is 7.11. The molecular formula is C15H15NO3S. The molecule has 0 bridgehead atoms. The number of aromatic nitrogens is 1. The Balaban J connectivity index is 2.40. The summed E-state index contributed by atoms with van der Waals surface area (Å²) in [7, 11) is 0. The highest BCUT2D eigenvalue weighted by Crippen LogP contribution is 2.21. The summed E-state index contributed by atoms with van der Waals surface area (Å²) in [5.41, 5.74) is 3.41. The fourth-order valence-electron chi connectivity index (χ4n) is 2.02. The molecule has 20 heavy (non-hydrogen) atoms. The zero-order valence-corrected chi connectivity index (χ0v) is 12.4. The maximum Gasteiger partial charge on any atom is 0.335 e. The minimum atomic E-state index is -1.01. The van der Waals surface area contributed by atoms with E-state index in [-0.39, 0.29) is 17.8 Å². The lowest BCUT2D eigenvalue weighted by atomic mass is 9.94. The summed E-state index contributed by atoms with van der Waals surface area (Å²) in [5.74, 6) is -1.15. The van der Waals surface area contributed by atoms with Crippen LogP contribution in [-0.2, 0) is 6.42 Å². The van der Waals surface area contributed by atoms with Crippen LogP contribution in [0.3, 0.4) is 0 Å². The van der Waals surface area contributed by atoms with Crippen molar-refractivity contribution in [3.63, 3.8) is 0 Å². The van der Waals surface area contributed by atoms with E-state index in [0.717, 1.165) is 16.8 Å². The van der Waals surface area contributed by atoms with Gasteiger partial charge in [0.25, 0.3) is 0 Å². The standard InChI is InChI=1S/C15H15NO3S/c1-8-4-5-11(15(18)19)12(10(8)3)6-13(17)14-16-9(2)7-20-14/h4-5,7H,6H2,1-3H3,(H,18,19). The normalized spacial score (nSPS) is 10.6. The third-order valence-corrected chi connectivity index (χ3v) is 4.30. The summed E-state index contributed by atoms with van der Waals surface area (Å²) in [6.45, 7) is 5.58. The highest BCUT2D eigenvalue weighted by atomic mass is 32.1. The lowest BCUT2D eigenvalue weighted by Gasteiger charge is -2.11. The average Bonchev–Trinajstić information content (AvgIpc) is 2.81. The van der Waals surface area contributed by atoms with Crippen LogP contribution < -0.4 is 0 Å². The van der Waals surface area contributed by atoms with E-state index in [4.69, 9.17) is 0 Å². The second kappa shape index (κ2) is 5.54. The van der Waals surface area contributed by atoms with E-state index in [1.54, 1.807) is 12.1 Å². The lowest BCUT2D eigenvalue weighted by molar-refractivity contribution is 0.0696. The molecule has 0 amide bonds. The quantitative estimate of drug-likeness (QED) is 0.878. The second-order valence-electron chi connectivity index (χ2n) is 4.73. The van der Waals surface area contributed by atoms with Gasteiger partial charge in [-0.2, -0.15) is 0 Å². The van der Waals surface area contributed by atoms with Crippen LogP contribution in [0.25, 0.3) is 0 Å². The van der Waals surface area contributed by atoms with Crippen molar-refractivity contribution in [2.75, 3.05) is 0 Å². The molecule has 1 N–H and O–H groups in total. The molecule has 104 valence electrons. The van der Waals surface area contributed by atoms with Gasteiger partial charge in [0.2, 0.25) is 0 Å². The van der Waals surface area contributed by atoms with Gasteiger partial charge < -0.3 is 5.11 Å². The van der Waals surface area contributed by atoms with Gasteiger partial charge in [-0.3, -0.25) is 4.79 Å². The molecule has 0 unspecified atom stereocenters. The summed E-state index contributed by atoms with van der Waals surface area (Å²) in [4.78, 5) is 27.7. The van der Waals surface area contributed by atoms with Crippen molar-refractivity contribution in [3.8, 4) is 0 Å². The first-order valence-electron chi connectivity index (χ1n) is 6.18. The van der Waals surface area contributed by atoms with E-state index >= 15 is 0 Å². The van der Waals surface area contributed by atoms with Crippen LogP contribution in [0.5, 0.6) is 0 Å². The molecular weight excluding hydrogens is 274 g/mol. The van der Waals surface area contributed by atoms with Crippen LogP contribution in [0.2, 0.25) is 0 Å². The fraction of sp³-hybridized carbons (Fsp3) is 0.267. The Labute approximate surface area is 121 Å². The maximum atomic E-state index is 12.2. The molecule has 0 saturated carbocycles. The van der Waals surface area contributed by atoms with Crippen molar-refractivity contribution >= 4 is 23.1 Å². The fourth-order valence-corrected chi connectivity index (χ4v) is 2.76. The second-order valence-corrected chi connectivity index (χ2v) is 5.59. The summed E-state index contributed by atoms with van der Waals surface area (Å²) in [5, 5.41) is 11.5. The molecule has 0 saturated heterocycles. The molecule has 0 atom stereocenters. The van der Waals surface area contributed by atoms with Crippen molar-refractivity contribution in [2.24, 2.45) is 0 Å². The molecule has 2 rings (SSSR count). The number of thiazole rings is 1. The van der Waals surface area contributed by atoms with Gasteiger partial charge in [0, 0.05) is 17.5 Å². The van der Waals surface area contributed by atoms with Crippen molar-refractivity contribution in [1.29, 1.82) is 0 Å². The van der Waals surface area contributed by atoms with Gasteiger partial charge in [0.15, 0.2) is 10.8 Å². The summed E-state index contributed by atoms with van der Waals surface area (Å²) in [6.07, 6.45) is 0.0715. The van der Waals surface area contributed by atoms with Crippen LogP contribution in [0.1, 0.15) is 42.5 Å². The molecule has 0 fully saturated rings. The van der Waals surface area contributed by atoms with Gasteiger partial charge >= 0.3 is 5.97 Å². The largest absolute Gasteiger partial charge is 0.478 e. The number of benzene rings is 1. The Hall–Kier alpha value is -2.01. The van der Waals surface area contributed by atoms with Crippen molar-refractivity contribution in [2.45, 2.75) is 27.2 Å². The van der Waals surface area contributed by atoms with Gasteiger partial charge in [-0.15, -0.1) is 11.3 Å². The Morgan fingerprint density at radius 2 is 1.95 bits per heavy atom. The van der Waals surface area contributed by atoms with Gasteiger partial charge in [-0.25, -0.2) is 9.78 Å². The number of nitrogens with zero attached hydrogens (tertiary/aromatic N) is 1. The number of hydrogen-bond donors (Lipinski definition) is 1. The van der Waals surface area contributed by atoms with E-state index in [1.165, 1.54) is 11.3 Å². The molecule has 0 spiro atoms. The molecule has 1 aromatic heterocycles. The number of hydrogen-bond acceptors (Lipinski definition) is 4. The van der Waals surface area contributed by atoms with E-state index in [9.17, 15) is 14.7 Å². The van der Waals surface area contributed by atoms with E-state index < -0.39 is 5.97 Å². The minimum Gasteiger partial charge on any atom is -0.478 e. The summed E-state index contributed by atoms with van der Waals surface area (Å²) in [6, 6.07) is 3.32. The van der Waals surface area contributed by atoms with Crippen LogP contribution in [-0.4, -0.2) is 21.8 Å². The van der Waals surface area contributed by atoms with Crippen molar-refractivity contribution in [3.05, 3.63) is 50.5 Å². The predicted octanol–water partition coefficient (Wildman–Crippen LogP) is 3.19. The first-order chi connectivity index (χ1) is 9.40. The van der Waals surface area contributed by atoms with Crippen LogP contribution >= 0.6 is 11.3 Å². The van der Waals surface area contributed by atoms with Gasteiger partial charge in [-0.05, 0) is 43.5 Å². The van der Waals surface area contributed by atoms with Crippen molar-refractivity contribution < 1.29 is 14.7 Å². The predicted molar refractivity (Wildman–Crippen MR) is 77.8 cm³/mol. The molecule has 1 heterocycles. The Kier molecular flexibility index (Phi) is 3.99. The molecule has 1 aromatic carbocycles. The van der Waals surface area contributed by atoms with E-state index in [2.05, 4.69) is 4.98 Å². The molecule has 4 nitrogen and oxygen atoms in total. The first kappa shape index (κ1) is 14.4. The van der Waals surface area contributed by atoms with Gasteiger partial charge in [-0.1, -0.05) is 6.07 Å². The zero-order valence-electron chi connectivity index (χ0n) is 11.6. The minimum absolute atomic E-state index is 0.0715. The number of carboxylic acid groups (broad SMARTS) is 1. The Bertz CT molecular complexity index is 688. The molecule has 0 aliphatic heterocycles. The van der Waals surface area contributed by atoms with Gasteiger partial charge in [0.1, 0.15) is 0 Å². The third-order valence-electron chi connectivity index (χ3n) is 3.29. The summed E-state index contributed by atoms with van der Waals surface area (Å²) < 4.78 is 0. The molecule has 0 aliphatic carbocycles. The first-order valence-corrected chi connectivity index (χ1v) is 7.06. The number of carbonyl (C=O) groups excluding carboxylic acids is 1. The summed E-state index contributed by atoms with van der Waals surface area (Å²) >= 11 is 1.29. The topological polar surface area (TPSA) is 67.3 Å². The smallest absolute Gasteiger partial charge is 0.335 e. The monoisotopic (exact) mass is 289 g/mol. The lowest BCUT2D eigenvalue weighted by Crippen LogP contribution is -2.11. The zero-order chi connectivity index (χ0) is 14.9. The van der Waals surface area contributed by atoms with Crippen molar-refractivity contribution in [1.82, 2.24) is 4.98 Å². The number of rotatable bonds is 4. The molecule has 0 aliphatic rings. The molecule has 5 heteroatoms. The SMILES string of the molecule is Cc1csc(C(=O)Cc2c(C(=O)O)ccc(C)c2C)n1. The van der Waals surface area contributed by atoms with Gasteiger partial charge in [0.05, 0.1) is 5.56 Å².